The van der Waals surface area contributed by atoms with Crippen LogP contribution in [0.25, 0.3) is 6.08 Å². The average Bonchev–Trinajstić information content (AvgIpc) is 3.61. The molecule has 2 aliphatic rings. The van der Waals surface area contributed by atoms with Gasteiger partial charge < -0.3 is 24.4 Å². The van der Waals surface area contributed by atoms with Crippen LogP contribution in [-0.4, -0.2) is 63.6 Å². The number of amides is 1. The zero-order valence-electron chi connectivity index (χ0n) is 27.0. The van der Waals surface area contributed by atoms with E-state index in [1.807, 2.05) is 26.8 Å². The lowest BCUT2D eigenvalue weighted by atomic mass is 10.1. The van der Waals surface area contributed by atoms with Crippen LogP contribution in [0.4, 0.5) is 5.82 Å². The Balaban J connectivity index is 0.000000694. The molecule has 0 radical (unpaired) electrons. The molecule has 8 nitrogen and oxygen atoms in total. The van der Waals surface area contributed by atoms with Gasteiger partial charge in [-0.3, -0.25) is 9.59 Å². The molecule has 2 fully saturated rings. The Morgan fingerprint density at radius 3 is 2.24 bits per heavy atom. The highest BCUT2D eigenvalue weighted by molar-refractivity contribution is 6.01. The van der Waals surface area contributed by atoms with Gasteiger partial charge in [0.1, 0.15) is 12.0 Å². The van der Waals surface area contributed by atoms with Crippen LogP contribution in [0.5, 0.6) is 0 Å². The number of hydrogen-bond acceptors (Lipinski definition) is 6. The van der Waals surface area contributed by atoms with Crippen molar-refractivity contribution >= 4 is 30.3 Å². The third-order valence-corrected chi connectivity index (χ3v) is 6.59. The van der Waals surface area contributed by atoms with Gasteiger partial charge in [0, 0.05) is 37.1 Å². The summed E-state index contributed by atoms with van der Waals surface area (Å²) in [5, 5.41) is 16.2. The number of ether oxygens (including phenoxy) is 1. The van der Waals surface area contributed by atoms with Crippen molar-refractivity contribution in [2.24, 2.45) is 4.99 Å². The number of unbranched alkanes of at least 4 members (excludes halogenated alkanes) is 1. The minimum atomic E-state index is -1.50. The van der Waals surface area contributed by atoms with E-state index in [0.29, 0.717) is 23.6 Å². The summed E-state index contributed by atoms with van der Waals surface area (Å²) in [5.41, 5.74) is 3.23. The van der Waals surface area contributed by atoms with Gasteiger partial charge in [0.15, 0.2) is 12.1 Å². The molecule has 2 unspecified atom stereocenters. The van der Waals surface area contributed by atoms with E-state index < -0.39 is 5.79 Å². The predicted octanol–water partition coefficient (Wildman–Crippen LogP) is 7.53. The normalized spacial score (nSPS) is 17.7. The fourth-order valence-corrected chi connectivity index (χ4v) is 4.37. The first kappa shape index (κ1) is 37.0. The summed E-state index contributed by atoms with van der Waals surface area (Å²) >= 11 is 0. The molecular formula is C34H53N3O5. The van der Waals surface area contributed by atoms with E-state index in [1.165, 1.54) is 45.1 Å². The van der Waals surface area contributed by atoms with Crippen LogP contribution < -0.4 is 0 Å². The number of likely N-dealkylation sites (N-methyl/N-ethyl adjacent to an activating group) is 1. The quantitative estimate of drug-likeness (QED) is 0.180. The maximum atomic E-state index is 12.8. The fraction of sp³-hybridized carbons (Fsp3) is 0.559. The summed E-state index contributed by atoms with van der Waals surface area (Å²) in [7, 11) is 1.75. The Hall–Kier alpha value is -3.07. The maximum Gasteiger partial charge on any atom is 0.254 e. The Morgan fingerprint density at radius 2 is 1.74 bits per heavy atom. The number of aliphatic imine (C=N–C) groups is 1. The summed E-state index contributed by atoms with van der Waals surface area (Å²) in [6.07, 6.45) is 13.2. The standard InChI is InChI=1S/C25H29N3O3.C4H10.C3H8O2.C2H6/c1-4-20-22(17-10-11-17)15-28(24(20)26-5-2)23-13-12-19(31-23)14-27(3)25(30)21-9-7-6-8-18(21)16-29;1-3-4-2;1-3(2,4)5;1-2/h4-9,15-17,19,23H,1,10-14H2,2-3H3;3-4H2,1-2H3;4-5H,1-2H3;1-2H3/b26-5-;;;. The van der Waals surface area contributed by atoms with E-state index in [1.54, 1.807) is 42.4 Å². The monoisotopic (exact) mass is 583 g/mol. The van der Waals surface area contributed by atoms with Gasteiger partial charge in [-0.05, 0) is 64.0 Å². The van der Waals surface area contributed by atoms with E-state index in [-0.39, 0.29) is 18.2 Å². The zero-order valence-corrected chi connectivity index (χ0v) is 27.0. The van der Waals surface area contributed by atoms with Crippen LogP contribution in [0, 0.1) is 0 Å². The van der Waals surface area contributed by atoms with E-state index in [4.69, 9.17) is 14.9 Å². The fourth-order valence-electron chi connectivity index (χ4n) is 4.37. The molecule has 0 bridgehead atoms. The molecule has 1 aromatic carbocycles. The smallest absolute Gasteiger partial charge is 0.254 e. The number of carbonyl (C=O) groups is 2. The topological polar surface area (TPSA) is 104 Å². The third kappa shape index (κ3) is 11.7. The molecule has 2 heterocycles. The van der Waals surface area contributed by atoms with Crippen molar-refractivity contribution in [3.63, 3.8) is 0 Å². The molecule has 42 heavy (non-hydrogen) atoms. The first-order valence-corrected chi connectivity index (χ1v) is 15.2. The molecular weight excluding hydrogens is 530 g/mol. The molecule has 1 aromatic heterocycles. The lowest BCUT2D eigenvalue weighted by Gasteiger charge is -2.23. The molecule has 4 rings (SSSR count). The average molecular weight is 584 g/mol. The summed E-state index contributed by atoms with van der Waals surface area (Å²) in [6.45, 7) is 17.3. The summed E-state index contributed by atoms with van der Waals surface area (Å²) in [4.78, 5) is 30.4. The number of nitrogens with zero attached hydrogens (tertiary/aromatic N) is 3. The van der Waals surface area contributed by atoms with Crippen molar-refractivity contribution in [2.45, 2.75) is 111 Å². The van der Waals surface area contributed by atoms with Crippen LogP contribution in [0.15, 0.2) is 42.0 Å². The van der Waals surface area contributed by atoms with Gasteiger partial charge in [-0.1, -0.05) is 71.4 Å². The Morgan fingerprint density at radius 1 is 1.14 bits per heavy atom. The van der Waals surface area contributed by atoms with Gasteiger partial charge in [-0.2, -0.15) is 0 Å². The summed E-state index contributed by atoms with van der Waals surface area (Å²) < 4.78 is 8.49. The van der Waals surface area contributed by atoms with Crippen LogP contribution in [0.1, 0.15) is 131 Å². The molecule has 1 aliphatic heterocycles. The number of aldehydes is 1. The van der Waals surface area contributed by atoms with Gasteiger partial charge in [-0.15, -0.1) is 0 Å². The second-order valence-electron chi connectivity index (χ2n) is 10.8. The molecule has 8 heteroatoms. The van der Waals surface area contributed by atoms with Gasteiger partial charge in [-0.25, -0.2) is 4.99 Å². The molecule has 2 aromatic rings. The second kappa shape index (κ2) is 18.5. The minimum Gasteiger partial charge on any atom is -0.366 e. The van der Waals surface area contributed by atoms with Crippen molar-refractivity contribution in [3.05, 3.63) is 59.3 Å². The van der Waals surface area contributed by atoms with E-state index in [2.05, 4.69) is 36.2 Å². The molecule has 0 spiro atoms. The zero-order chi connectivity index (χ0) is 31.9. The molecule has 1 saturated heterocycles. The molecule has 2 N–H and O–H groups in total. The van der Waals surface area contributed by atoms with Gasteiger partial charge >= 0.3 is 0 Å². The van der Waals surface area contributed by atoms with Crippen molar-refractivity contribution in [1.29, 1.82) is 0 Å². The van der Waals surface area contributed by atoms with Crippen molar-refractivity contribution in [2.75, 3.05) is 13.6 Å². The number of aliphatic hydroxyl groups is 2. The highest BCUT2D eigenvalue weighted by Crippen LogP contribution is 2.47. The van der Waals surface area contributed by atoms with Gasteiger partial charge in [0.25, 0.3) is 5.91 Å². The van der Waals surface area contributed by atoms with Crippen molar-refractivity contribution < 1.29 is 24.5 Å². The van der Waals surface area contributed by atoms with Crippen LogP contribution >= 0.6 is 0 Å². The summed E-state index contributed by atoms with van der Waals surface area (Å²) in [6, 6.07) is 6.87. The van der Waals surface area contributed by atoms with Gasteiger partial charge in [0.05, 0.1) is 11.7 Å². The highest BCUT2D eigenvalue weighted by Gasteiger charge is 2.34. The lowest BCUT2D eigenvalue weighted by Crippen LogP contribution is -2.34. The minimum absolute atomic E-state index is 0.0697. The maximum absolute atomic E-state index is 12.8. The van der Waals surface area contributed by atoms with Crippen molar-refractivity contribution in [3.8, 4) is 0 Å². The molecule has 1 saturated carbocycles. The summed E-state index contributed by atoms with van der Waals surface area (Å²) in [5.74, 6) is -0.176. The predicted molar refractivity (Wildman–Crippen MR) is 173 cm³/mol. The molecule has 234 valence electrons. The highest BCUT2D eigenvalue weighted by atomic mass is 16.5. The van der Waals surface area contributed by atoms with E-state index >= 15 is 0 Å². The second-order valence-corrected chi connectivity index (χ2v) is 10.8. The Kier molecular flexibility index (Phi) is 16.2. The van der Waals surface area contributed by atoms with Crippen LogP contribution in [-0.2, 0) is 4.74 Å². The molecule has 1 amide bonds. The number of carbonyl (C=O) groups excluding carboxylic acids is 2. The SMILES string of the molecule is C=Cc1c(C2CC2)cn(C2CCC(CN(C)C(=O)c3ccccc3C=O)O2)c1/N=C\C.CC.CC(C)(O)O.CCCC. The molecule has 2 atom stereocenters. The van der Waals surface area contributed by atoms with E-state index in [0.717, 1.165) is 30.5 Å². The van der Waals surface area contributed by atoms with Crippen LogP contribution in [0.2, 0.25) is 0 Å². The number of aromatic nitrogens is 1. The third-order valence-electron chi connectivity index (χ3n) is 6.59. The van der Waals surface area contributed by atoms with Crippen molar-refractivity contribution in [1.82, 2.24) is 9.47 Å². The Labute approximate surface area is 253 Å². The number of hydrogen-bond donors (Lipinski definition) is 2. The first-order valence-electron chi connectivity index (χ1n) is 15.2. The number of benzene rings is 1. The van der Waals surface area contributed by atoms with E-state index in [9.17, 15) is 9.59 Å². The van der Waals surface area contributed by atoms with Crippen LogP contribution in [0.3, 0.4) is 0 Å². The first-order chi connectivity index (χ1) is 20.0. The lowest BCUT2D eigenvalue weighted by molar-refractivity contribution is -0.127. The Bertz CT molecular complexity index is 1140. The van der Waals surface area contributed by atoms with Gasteiger partial charge in [0.2, 0.25) is 0 Å². The molecule has 1 aliphatic carbocycles. The number of rotatable bonds is 9. The largest absolute Gasteiger partial charge is 0.366 e.